The third kappa shape index (κ3) is 2.17. The average Bonchev–Trinajstić information content (AvgIpc) is 2.30. The number of nitrogens with one attached hydrogen (secondary N) is 1. The van der Waals surface area contributed by atoms with Gasteiger partial charge in [0.05, 0.1) is 12.6 Å². The summed E-state index contributed by atoms with van der Waals surface area (Å²) in [6.45, 7) is 6.49. The van der Waals surface area contributed by atoms with Crippen LogP contribution in [0.5, 0.6) is 0 Å². The van der Waals surface area contributed by atoms with E-state index in [1.165, 1.54) is 0 Å². The molecule has 0 spiro atoms. The Balaban J connectivity index is 2.04. The predicted molar refractivity (Wildman–Crippen MR) is 62.3 cm³/mol. The van der Waals surface area contributed by atoms with Crippen LogP contribution in [0.15, 0.2) is 0 Å². The zero-order valence-corrected chi connectivity index (χ0v) is 10.2. The van der Waals surface area contributed by atoms with Gasteiger partial charge in [0, 0.05) is 12.6 Å². The van der Waals surface area contributed by atoms with E-state index >= 15 is 0 Å². The lowest BCUT2D eigenvalue weighted by molar-refractivity contribution is 0.0342. The number of rotatable bonds is 2. The molecule has 2 heterocycles. The summed E-state index contributed by atoms with van der Waals surface area (Å²) < 4.78 is 5.12. The molecule has 2 saturated heterocycles. The van der Waals surface area contributed by atoms with Crippen LogP contribution in [0, 0.1) is 5.92 Å². The first kappa shape index (κ1) is 11.7. The Kier molecular flexibility index (Phi) is 3.69. The first-order chi connectivity index (χ1) is 7.76. The van der Waals surface area contributed by atoms with Gasteiger partial charge < -0.3 is 15.0 Å². The fourth-order valence-corrected chi connectivity index (χ4v) is 2.94. The van der Waals surface area contributed by atoms with Gasteiger partial charge in [-0.25, -0.2) is 4.79 Å². The van der Waals surface area contributed by atoms with Gasteiger partial charge in [0.25, 0.3) is 0 Å². The summed E-state index contributed by atoms with van der Waals surface area (Å²) in [5, 5.41) is 3.55. The SMILES string of the molecule is CCOC(=O)N1CCC2CNC(CC)C1C2. The minimum Gasteiger partial charge on any atom is -0.450 e. The van der Waals surface area contributed by atoms with Crippen molar-refractivity contribution in [3.05, 3.63) is 0 Å². The van der Waals surface area contributed by atoms with Crippen LogP contribution in [-0.2, 0) is 4.74 Å². The molecular weight excluding hydrogens is 204 g/mol. The quantitative estimate of drug-likeness (QED) is 0.777. The second kappa shape index (κ2) is 5.04. The van der Waals surface area contributed by atoms with Gasteiger partial charge in [-0.15, -0.1) is 0 Å². The molecule has 0 aromatic heterocycles. The van der Waals surface area contributed by atoms with Crippen molar-refractivity contribution in [3.63, 3.8) is 0 Å². The van der Waals surface area contributed by atoms with Crippen molar-refractivity contribution in [1.82, 2.24) is 10.2 Å². The summed E-state index contributed by atoms with van der Waals surface area (Å²) in [6, 6.07) is 0.789. The minimum absolute atomic E-state index is 0.131. The van der Waals surface area contributed by atoms with Crippen LogP contribution >= 0.6 is 0 Å². The van der Waals surface area contributed by atoms with Crippen molar-refractivity contribution in [2.24, 2.45) is 5.92 Å². The predicted octanol–water partition coefficient (Wildman–Crippen LogP) is 1.61. The van der Waals surface area contributed by atoms with Crippen LogP contribution in [0.25, 0.3) is 0 Å². The number of carbonyl (C=O) groups excluding carboxylic acids is 1. The van der Waals surface area contributed by atoms with E-state index in [9.17, 15) is 4.79 Å². The molecule has 16 heavy (non-hydrogen) atoms. The van der Waals surface area contributed by atoms with Crippen LogP contribution in [0.3, 0.4) is 0 Å². The summed E-state index contributed by atoms with van der Waals surface area (Å²) in [6.07, 6.45) is 3.20. The van der Waals surface area contributed by atoms with Crippen molar-refractivity contribution < 1.29 is 9.53 Å². The van der Waals surface area contributed by atoms with E-state index < -0.39 is 0 Å². The van der Waals surface area contributed by atoms with E-state index in [4.69, 9.17) is 4.74 Å². The third-order valence-electron chi connectivity index (χ3n) is 3.83. The Hall–Kier alpha value is -0.770. The molecule has 2 rings (SSSR count). The maximum absolute atomic E-state index is 11.8. The number of fused-ring (bicyclic) bond motifs is 2. The van der Waals surface area contributed by atoms with Crippen molar-refractivity contribution in [1.29, 1.82) is 0 Å². The van der Waals surface area contributed by atoms with Gasteiger partial charge in [-0.1, -0.05) is 6.92 Å². The van der Waals surface area contributed by atoms with Crippen LogP contribution in [0.1, 0.15) is 33.1 Å². The molecule has 3 atom stereocenters. The molecule has 0 aliphatic carbocycles. The Morgan fingerprint density at radius 3 is 3.00 bits per heavy atom. The van der Waals surface area contributed by atoms with Crippen LogP contribution in [0.4, 0.5) is 4.79 Å². The van der Waals surface area contributed by atoms with Crippen LogP contribution in [-0.4, -0.2) is 42.8 Å². The average molecular weight is 226 g/mol. The number of hydrogen-bond donors (Lipinski definition) is 1. The molecule has 0 aromatic rings. The molecule has 2 aliphatic rings. The van der Waals surface area contributed by atoms with E-state index in [2.05, 4.69) is 12.2 Å². The molecule has 1 amide bonds. The summed E-state index contributed by atoms with van der Waals surface area (Å²) >= 11 is 0. The number of nitrogens with zero attached hydrogens (tertiary/aromatic N) is 1. The Bertz CT molecular complexity index is 257. The summed E-state index contributed by atoms with van der Waals surface area (Å²) in [4.78, 5) is 13.8. The summed E-state index contributed by atoms with van der Waals surface area (Å²) in [5.41, 5.74) is 0. The summed E-state index contributed by atoms with van der Waals surface area (Å²) in [7, 11) is 0. The van der Waals surface area contributed by atoms with Crippen molar-refractivity contribution in [2.75, 3.05) is 19.7 Å². The summed E-state index contributed by atoms with van der Waals surface area (Å²) in [5.74, 6) is 0.749. The highest BCUT2D eigenvalue weighted by Gasteiger charge is 2.39. The van der Waals surface area contributed by atoms with Gasteiger partial charge >= 0.3 is 6.09 Å². The molecular formula is C12H22N2O2. The van der Waals surface area contributed by atoms with Crippen molar-refractivity contribution in [3.8, 4) is 0 Å². The monoisotopic (exact) mass is 226 g/mol. The van der Waals surface area contributed by atoms with Gasteiger partial charge in [-0.05, 0) is 38.6 Å². The van der Waals surface area contributed by atoms with E-state index in [0.29, 0.717) is 18.7 Å². The number of carbonyl (C=O) groups is 1. The molecule has 2 bridgehead atoms. The molecule has 92 valence electrons. The second-order valence-electron chi connectivity index (χ2n) is 4.77. The van der Waals surface area contributed by atoms with Gasteiger partial charge in [0.2, 0.25) is 0 Å². The van der Waals surface area contributed by atoms with Gasteiger partial charge in [-0.3, -0.25) is 0 Å². The number of hydrogen-bond acceptors (Lipinski definition) is 3. The van der Waals surface area contributed by atoms with Gasteiger partial charge in [0.1, 0.15) is 0 Å². The maximum Gasteiger partial charge on any atom is 0.410 e. The smallest absolute Gasteiger partial charge is 0.410 e. The van der Waals surface area contributed by atoms with E-state index in [-0.39, 0.29) is 6.09 Å². The lowest BCUT2D eigenvalue weighted by Crippen LogP contribution is -2.61. The Morgan fingerprint density at radius 2 is 2.31 bits per heavy atom. The molecule has 4 nitrogen and oxygen atoms in total. The lowest BCUT2D eigenvalue weighted by atomic mass is 9.82. The third-order valence-corrected chi connectivity index (χ3v) is 3.83. The lowest BCUT2D eigenvalue weighted by Gasteiger charge is -2.47. The van der Waals surface area contributed by atoms with E-state index in [1.54, 1.807) is 0 Å². The maximum atomic E-state index is 11.8. The number of piperidine rings is 2. The van der Waals surface area contributed by atoms with Crippen molar-refractivity contribution >= 4 is 6.09 Å². The molecule has 2 fully saturated rings. The first-order valence-corrected chi connectivity index (χ1v) is 6.43. The number of amides is 1. The zero-order chi connectivity index (χ0) is 11.5. The molecule has 0 radical (unpaired) electrons. The number of likely N-dealkylation sites (tertiary alicyclic amines) is 1. The zero-order valence-electron chi connectivity index (χ0n) is 10.2. The van der Waals surface area contributed by atoms with Gasteiger partial charge in [-0.2, -0.15) is 0 Å². The molecule has 2 aliphatic heterocycles. The largest absolute Gasteiger partial charge is 0.450 e. The Morgan fingerprint density at radius 1 is 1.50 bits per heavy atom. The fourth-order valence-electron chi connectivity index (χ4n) is 2.94. The standard InChI is InChI=1S/C12H22N2O2/c1-3-10-11-7-9(8-13-10)5-6-14(11)12(15)16-4-2/h9-11,13H,3-8H2,1-2H3. The topological polar surface area (TPSA) is 41.6 Å². The molecule has 1 N–H and O–H groups in total. The van der Waals surface area contributed by atoms with E-state index in [0.717, 1.165) is 38.3 Å². The molecule has 0 aromatic carbocycles. The highest BCUT2D eigenvalue weighted by Crippen LogP contribution is 2.29. The van der Waals surface area contributed by atoms with Crippen LogP contribution in [0.2, 0.25) is 0 Å². The highest BCUT2D eigenvalue weighted by atomic mass is 16.6. The van der Waals surface area contributed by atoms with Crippen molar-refractivity contribution in [2.45, 2.75) is 45.2 Å². The number of ether oxygens (including phenoxy) is 1. The molecule has 0 saturated carbocycles. The second-order valence-corrected chi connectivity index (χ2v) is 4.77. The first-order valence-electron chi connectivity index (χ1n) is 6.43. The fraction of sp³-hybridized carbons (Fsp3) is 0.917. The normalized spacial score (nSPS) is 33.6. The van der Waals surface area contributed by atoms with Crippen LogP contribution < -0.4 is 5.32 Å². The minimum atomic E-state index is -0.131. The molecule has 4 heteroatoms. The highest BCUT2D eigenvalue weighted by molar-refractivity contribution is 5.68. The van der Waals surface area contributed by atoms with Gasteiger partial charge in [0.15, 0.2) is 0 Å². The van der Waals surface area contributed by atoms with E-state index in [1.807, 2.05) is 11.8 Å². The Labute approximate surface area is 97.3 Å². The molecule has 3 unspecified atom stereocenters.